The number of hydrogen-bond acceptors (Lipinski definition) is 5. The SMILES string of the molecule is CCOc1cc(-c2cc(NC(=O)c3ccnc(C(F)(F)F)c3)c(F)cc2C)cc(-c2ccnc(C)c2)n1. The zero-order valence-corrected chi connectivity index (χ0v) is 20.2. The van der Waals surface area contributed by atoms with Crippen molar-refractivity contribution in [3.63, 3.8) is 0 Å². The molecule has 0 saturated heterocycles. The summed E-state index contributed by atoms with van der Waals surface area (Å²) >= 11 is 0. The second-order valence-corrected chi connectivity index (χ2v) is 8.23. The average molecular weight is 510 g/mol. The normalized spacial score (nSPS) is 11.3. The lowest BCUT2D eigenvalue weighted by Gasteiger charge is -2.15. The van der Waals surface area contributed by atoms with Crippen molar-refractivity contribution in [2.75, 3.05) is 11.9 Å². The van der Waals surface area contributed by atoms with Crippen LogP contribution in [0.5, 0.6) is 5.88 Å². The number of carbonyl (C=O) groups is 1. The standard InChI is InChI=1S/C27H22F4N4O2/c1-4-37-25-13-19(11-22(34-25)17-5-7-32-16(3)10-17)20-14-23(21(28)9-15(20)2)35-26(36)18-6-8-33-24(12-18)27(29,30)31/h5-14H,4H2,1-3H3,(H,35,36). The van der Waals surface area contributed by atoms with Crippen LogP contribution in [0.25, 0.3) is 22.4 Å². The molecule has 190 valence electrons. The van der Waals surface area contributed by atoms with Crippen LogP contribution < -0.4 is 10.1 Å². The number of pyridine rings is 3. The summed E-state index contributed by atoms with van der Waals surface area (Å²) in [6, 6.07) is 11.6. The number of amides is 1. The molecule has 0 saturated carbocycles. The van der Waals surface area contributed by atoms with Crippen molar-refractivity contribution in [3.05, 3.63) is 89.3 Å². The Hall–Kier alpha value is -4.34. The fourth-order valence-corrected chi connectivity index (χ4v) is 3.74. The summed E-state index contributed by atoms with van der Waals surface area (Å²) in [5.41, 5.74) is 2.31. The van der Waals surface area contributed by atoms with Gasteiger partial charge in [-0.2, -0.15) is 13.2 Å². The lowest BCUT2D eigenvalue weighted by atomic mass is 9.98. The van der Waals surface area contributed by atoms with Gasteiger partial charge in [0.2, 0.25) is 5.88 Å². The molecule has 0 bridgehead atoms. The Morgan fingerprint density at radius 3 is 2.43 bits per heavy atom. The molecule has 0 unspecified atom stereocenters. The van der Waals surface area contributed by atoms with Crippen LogP contribution in [-0.4, -0.2) is 27.5 Å². The van der Waals surface area contributed by atoms with E-state index in [0.29, 0.717) is 40.9 Å². The van der Waals surface area contributed by atoms with Crippen molar-refractivity contribution in [3.8, 4) is 28.3 Å². The Morgan fingerprint density at radius 2 is 1.73 bits per heavy atom. The van der Waals surface area contributed by atoms with Gasteiger partial charge in [0.25, 0.3) is 5.91 Å². The number of carbonyl (C=O) groups excluding carboxylic acids is 1. The predicted octanol–water partition coefficient (Wildman–Crippen LogP) is 6.63. The fourth-order valence-electron chi connectivity index (χ4n) is 3.74. The second-order valence-electron chi connectivity index (χ2n) is 8.23. The third-order valence-corrected chi connectivity index (χ3v) is 5.47. The first-order valence-electron chi connectivity index (χ1n) is 11.3. The highest BCUT2D eigenvalue weighted by molar-refractivity contribution is 6.04. The minimum absolute atomic E-state index is 0.188. The van der Waals surface area contributed by atoms with Crippen LogP contribution in [0, 0.1) is 19.7 Å². The maximum Gasteiger partial charge on any atom is 0.433 e. The molecule has 1 aromatic carbocycles. The van der Waals surface area contributed by atoms with E-state index < -0.39 is 23.6 Å². The first kappa shape index (κ1) is 25.7. The van der Waals surface area contributed by atoms with Crippen LogP contribution in [0.1, 0.15) is 34.2 Å². The maximum absolute atomic E-state index is 14.8. The zero-order chi connectivity index (χ0) is 26.7. The highest BCUT2D eigenvalue weighted by atomic mass is 19.4. The van der Waals surface area contributed by atoms with E-state index in [0.717, 1.165) is 23.5 Å². The number of benzene rings is 1. The summed E-state index contributed by atoms with van der Waals surface area (Å²) in [6.45, 7) is 5.77. The number of alkyl halides is 3. The average Bonchev–Trinajstić information content (AvgIpc) is 2.85. The maximum atomic E-state index is 14.8. The first-order chi connectivity index (χ1) is 17.5. The van der Waals surface area contributed by atoms with Crippen molar-refractivity contribution in [2.24, 2.45) is 0 Å². The lowest BCUT2D eigenvalue weighted by Crippen LogP contribution is -2.16. The molecular weight excluding hydrogens is 488 g/mol. The second kappa shape index (κ2) is 10.3. The number of anilines is 1. The number of hydrogen-bond donors (Lipinski definition) is 1. The van der Waals surface area contributed by atoms with E-state index in [1.807, 2.05) is 32.0 Å². The summed E-state index contributed by atoms with van der Waals surface area (Å²) in [7, 11) is 0. The molecule has 6 nitrogen and oxygen atoms in total. The Balaban J connectivity index is 1.74. The largest absolute Gasteiger partial charge is 0.478 e. The van der Waals surface area contributed by atoms with E-state index in [2.05, 4.69) is 20.3 Å². The van der Waals surface area contributed by atoms with Gasteiger partial charge in [-0.25, -0.2) is 9.37 Å². The van der Waals surface area contributed by atoms with Crippen molar-refractivity contribution in [2.45, 2.75) is 26.9 Å². The van der Waals surface area contributed by atoms with Gasteiger partial charge in [0, 0.05) is 35.3 Å². The molecule has 0 radical (unpaired) electrons. The highest BCUT2D eigenvalue weighted by Crippen LogP contribution is 2.34. The smallest absolute Gasteiger partial charge is 0.433 e. The third-order valence-electron chi connectivity index (χ3n) is 5.47. The molecule has 10 heteroatoms. The molecule has 4 aromatic rings. The molecule has 3 aromatic heterocycles. The Morgan fingerprint density at radius 1 is 0.973 bits per heavy atom. The molecule has 1 N–H and O–H groups in total. The number of nitrogens with one attached hydrogen (secondary N) is 1. The molecule has 3 heterocycles. The van der Waals surface area contributed by atoms with Gasteiger partial charge < -0.3 is 10.1 Å². The molecule has 0 aliphatic carbocycles. The van der Waals surface area contributed by atoms with E-state index in [9.17, 15) is 22.4 Å². The van der Waals surface area contributed by atoms with E-state index in [1.165, 1.54) is 12.1 Å². The van der Waals surface area contributed by atoms with Crippen LogP contribution in [0.2, 0.25) is 0 Å². The molecule has 0 aliphatic rings. The number of aryl methyl sites for hydroxylation is 2. The Kier molecular flexibility index (Phi) is 7.19. The summed E-state index contributed by atoms with van der Waals surface area (Å²) in [6.07, 6.45) is -2.17. The van der Waals surface area contributed by atoms with Gasteiger partial charge in [-0.3, -0.25) is 14.8 Å². The van der Waals surface area contributed by atoms with Crippen LogP contribution in [0.3, 0.4) is 0 Å². The van der Waals surface area contributed by atoms with Crippen molar-refractivity contribution in [1.82, 2.24) is 15.0 Å². The number of aromatic nitrogens is 3. The topological polar surface area (TPSA) is 77.0 Å². The van der Waals surface area contributed by atoms with Gasteiger partial charge >= 0.3 is 6.18 Å². The summed E-state index contributed by atoms with van der Waals surface area (Å²) in [5.74, 6) is -1.28. The monoisotopic (exact) mass is 510 g/mol. The van der Waals surface area contributed by atoms with E-state index in [4.69, 9.17) is 4.74 Å². The molecule has 4 rings (SSSR count). The van der Waals surface area contributed by atoms with Crippen molar-refractivity contribution in [1.29, 1.82) is 0 Å². The van der Waals surface area contributed by atoms with Gasteiger partial charge in [-0.1, -0.05) is 0 Å². The highest BCUT2D eigenvalue weighted by Gasteiger charge is 2.33. The minimum atomic E-state index is -4.72. The van der Waals surface area contributed by atoms with Crippen LogP contribution >= 0.6 is 0 Å². The molecule has 0 atom stereocenters. The quantitative estimate of drug-likeness (QED) is 0.295. The minimum Gasteiger partial charge on any atom is -0.478 e. The van der Waals surface area contributed by atoms with E-state index >= 15 is 0 Å². The molecular formula is C27H22F4N4O2. The van der Waals surface area contributed by atoms with Crippen LogP contribution in [0.15, 0.2) is 60.9 Å². The predicted molar refractivity (Wildman–Crippen MR) is 131 cm³/mol. The van der Waals surface area contributed by atoms with Crippen molar-refractivity contribution < 1.29 is 27.1 Å². The summed E-state index contributed by atoms with van der Waals surface area (Å²) < 4.78 is 59.5. The summed E-state index contributed by atoms with van der Waals surface area (Å²) in [5, 5.41) is 2.37. The zero-order valence-electron chi connectivity index (χ0n) is 20.2. The number of nitrogens with zero attached hydrogens (tertiary/aromatic N) is 3. The number of ether oxygens (including phenoxy) is 1. The Bertz CT molecular complexity index is 1470. The van der Waals surface area contributed by atoms with Gasteiger partial charge in [-0.05, 0) is 79.9 Å². The molecule has 1 amide bonds. The molecule has 37 heavy (non-hydrogen) atoms. The fraction of sp³-hybridized carbons (Fsp3) is 0.185. The molecule has 0 spiro atoms. The van der Waals surface area contributed by atoms with E-state index in [-0.39, 0.29) is 11.3 Å². The number of halogens is 4. The lowest BCUT2D eigenvalue weighted by molar-refractivity contribution is -0.141. The summed E-state index contributed by atoms with van der Waals surface area (Å²) in [4.78, 5) is 24.7. The third kappa shape index (κ3) is 5.91. The van der Waals surface area contributed by atoms with Crippen LogP contribution in [0.4, 0.5) is 23.2 Å². The van der Waals surface area contributed by atoms with E-state index in [1.54, 1.807) is 19.2 Å². The van der Waals surface area contributed by atoms with Crippen LogP contribution in [-0.2, 0) is 6.18 Å². The first-order valence-corrected chi connectivity index (χ1v) is 11.3. The molecule has 0 aliphatic heterocycles. The Labute approximate surface area is 210 Å². The van der Waals surface area contributed by atoms with Gasteiger partial charge in [0.15, 0.2) is 0 Å². The number of rotatable bonds is 6. The van der Waals surface area contributed by atoms with Crippen molar-refractivity contribution >= 4 is 11.6 Å². The molecule has 0 fully saturated rings. The van der Waals surface area contributed by atoms with Gasteiger partial charge in [-0.15, -0.1) is 0 Å². The van der Waals surface area contributed by atoms with Gasteiger partial charge in [0.05, 0.1) is 18.0 Å². The van der Waals surface area contributed by atoms with Gasteiger partial charge in [0.1, 0.15) is 11.5 Å².